The molecule has 7 heteroatoms. The number of hydrogen-bond donors (Lipinski definition) is 1. The van der Waals surface area contributed by atoms with E-state index in [0.717, 1.165) is 21.2 Å². The van der Waals surface area contributed by atoms with E-state index < -0.39 is 6.04 Å². The molecule has 0 aliphatic carbocycles. The Balaban J connectivity index is 2.16. The molecule has 0 radical (unpaired) electrons. The zero-order valence-corrected chi connectivity index (χ0v) is 19.4. The van der Waals surface area contributed by atoms with E-state index in [1.807, 2.05) is 45.0 Å². The number of hydrogen-bond acceptors (Lipinski definition) is 3. The summed E-state index contributed by atoms with van der Waals surface area (Å²) in [7, 11) is 0. The molecule has 0 saturated carbocycles. The number of carbonyl (C=O) groups is 2. The highest BCUT2D eigenvalue weighted by atomic mass is 79.9. The summed E-state index contributed by atoms with van der Waals surface area (Å²) < 4.78 is 6.77. The van der Waals surface area contributed by atoms with Gasteiger partial charge >= 0.3 is 0 Å². The molecule has 0 fully saturated rings. The Morgan fingerprint density at radius 1 is 1.17 bits per heavy atom. The molecule has 0 aliphatic rings. The second kappa shape index (κ2) is 10.6. The molecule has 2 amide bonds. The topological polar surface area (TPSA) is 58.6 Å². The molecule has 5 nitrogen and oxygen atoms in total. The van der Waals surface area contributed by atoms with Crippen molar-refractivity contribution in [1.82, 2.24) is 10.2 Å². The van der Waals surface area contributed by atoms with Gasteiger partial charge in [-0.25, -0.2) is 0 Å². The number of nitrogens with one attached hydrogen (secondary N) is 1. The van der Waals surface area contributed by atoms with E-state index in [2.05, 4.69) is 21.2 Å². The van der Waals surface area contributed by atoms with Crippen LogP contribution >= 0.6 is 27.5 Å². The number of aryl methyl sites for hydroxylation is 2. The second-order valence-corrected chi connectivity index (χ2v) is 8.11. The molecule has 1 atom stereocenters. The highest BCUT2D eigenvalue weighted by molar-refractivity contribution is 9.10. The first-order valence-corrected chi connectivity index (χ1v) is 10.6. The quantitative estimate of drug-likeness (QED) is 0.597. The van der Waals surface area contributed by atoms with Gasteiger partial charge in [0.1, 0.15) is 11.8 Å². The van der Waals surface area contributed by atoms with Gasteiger partial charge in [-0.3, -0.25) is 9.59 Å². The van der Waals surface area contributed by atoms with Crippen LogP contribution in [-0.4, -0.2) is 35.9 Å². The highest BCUT2D eigenvalue weighted by Crippen LogP contribution is 2.26. The van der Waals surface area contributed by atoms with Crippen LogP contribution in [0.15, 0.2) is 40.9 Å². The Labute approximate surface area is 185 Å². The number of halogens is 2. The molecule has 0 aliphatic heterocycles. The molecule has 2 aromatic rings. The first-order chi connectivity index (χ1) is 13.7. The Morgan fingerprint density at radius 3 is 2.31 bits per heavy atom. The zero-order chi connectivity index (χ0) is 21.6. The fourth-order valence-corrected chi connectivity index (χ4v) is 3.26. The molecule has 156 valence electrons. The summed E-state index contributed by atoms with van der Waals surface area (Å²) in [6.45, 7) is 8.13. The first-order valence-electron chi connectivity index (χ1n) is 9.44. The largest absolute Gasteiger partial charge is 0.484 e. The molecule has 0 saturated heterocycles. The van der Waals surface area contributed by atoms with E-state index in [-0.39, 0.29) is 25.0 Å². The lowest BCUT2D eigenvalue weighted by Crippen LogP contribution is -2.49. The molecule has 0 heterocycles. The summed E-state index contributed by atoms with van der Waals surface area (Å²) in [6, 6.07) is 10.3. The van der Waals surface area contributed by atoms with E-state index in [9.17, 15) is 9.59 Å². The lowest BCUT2D eigenvalue weighted by molar-refractivity contribution is -0.142. The number of ether oxygens (including phenoxy) is 1. The Bertz CT molecular complexity index is 848. The Kier molecular flexibility index (Phi) is 8.53. The number of carbonyl (C=O) groups excluding carboxylic acids is 2. The second-order valence-electron chi connectivity index (χ2n) is 6.88. The summed E-state index contributed by atoms with van der Waals surface area (Å²) in [5.41, 5.74) is 2.94. The van der Waals surface area contributed by atoms with Gasteiger partial charge in [0, 0.05) is 22.6 Å². The lowest BCUT2D eigenvalue weighted by Gasteiger charge is -2.28. The van der Waals surface area contributed by atoms with E-state index in [4.69, 9.17) is 16.3 Å². The maximum atomic E-state index is 13.0. The van der Waals surface area contributed by atoms with Gasteiger partial charge in [0.15, 0.2) is 6.61 Å². The molecule has 2 rings (SSSR count). The van der Waals surface area contributed by atoms with Gasteiger partial charge < -0.3 is 15.0 Å². The number of nitrogens with zero attached hydrogens (tertiary/aromatic N) is 1. The van der Waals surface area contributed by atoms with Crippen molar-refractivity contribution >= 4 is 39.3 Å². The molecule has 0 aromatic heterocycles. The molecule has 29 heavy (non-hydrogen) atoms. The van der Waals surface area contributed by atoms with Crippen molar-refractivity contribution in [3.8, 4) is 5.75 Å². The van der Waals surface area contributed by atoms with Gasteiger partial charge in [0.25, 0.3) is 5.91 Å². The molecular weight excluding hydrogens is 456 g/mol. The van der Waals surface area contributed by atoms with Gasteiger partial charge in [-0.05, 0) is 68.7 Å². The smallest absolute Gasteiger partial charge is 0.261 e. The summed E-state index contributed by atoms with van der Waals surface area (Å²) >= 11 is 9.47. The van der Waals surface area contributed by atoms with Crippen molar-refractivity contribution in [1.29, 1.82) is 0 Å². The van der Waals surface area contributed by atoms with Crippen molar-refractivity contribution in [2.45, 2.75) is 40.3 Å². The van der Waals surface area contributed by atoms with Gasteiger partial charge in [0.2, 0.25) is 5.91 Å². The van der Waals surface area contributed by atoms with Crippen molar-refractivity contribution in [3.63, 3.8) is 0 Å². The van der Waals surface area contributed by atoms with Gasteiger partial charge in [-0.1, -0.05) is 39.7 Å². The molecule has 0 spiro atoms. The number of likely N-dealkylation sites (N-methyl/N-ethyl adjacent to an activating group) is 1. The van der Waals surface area contributed by atoms with Gasteiger partial charge in [-0.15, -0.1) is 0 Å². The van der Waals surface area contributed by atoms with Crippen molar-refractivity contribution in [2.24, 2.45) is 0 Å². The molecule has 0 unspecified atom stereocenters. The van der Waals surface area contributed by atoms with Gasteiger partial charge in [0.05, 0.1) is 0 Å². The molecular formula is C22H26BrClN2O3. The Morgan fingerprint density at radius 2 is 1.76 bits per heavy atom. The van der Waals surface area contributed by atoms with Crippen LogP contribution < -0.4 is 10.1 Å². The minimum atomic E-state index is -0.630. The van der Waals surface area contributed by atoms with Crippen LogP contribution in [-0.2, 0) is 16.1 Å². The monoisotopic (exact) mass is 480 g/mol. The molecule has 1 N–H and O–H groups in total. The standard InChI is InChI=1S/C22H26BrClN2O3/c1-5-25-22(28)16(4)26(12-17-6-8-18(24)9-7-17)20(27)13-29-19-10-14(2)21(23)15(3)11-19/h6-11,16H,5,12-13H2,1-4H3,(H,25,28)/t16-/m1/s1. The Hall–Kier alpha value is -2.05. The fraction of sp³-hybridized carbons (Fsp3) is 0.364. The van der Waals surface area contributed by atoms with Crippen LogP contribution in [0.5, 0.6) is 5.75 Å². The SMILES string of the molecule is CCNC(=O)[C@@H](C)N(Cc1ccc(Cl)cc1)C(=O)COc1cc(C)c(Br)c(C)c1. The van der Waals surface area contributed by atoms with Crippen LogP contribution in [0, 0.1) is 13.8 Å². The molecule has 2 aromatic carbocycles. The van der Waals surface area contributed by atoms with Crippen molar-refractivity contribution in [2.75, 3.05) is 13.2 Å². The minimum absolute atomic E-state index is 0.155. The van der Waals surface area contributed by atoms with E-state index in [1.165, 1.54) is 4.90 Å². The van der Waals surface area contributed by atoms with Crippen molar-refractivity contribution in [3.05, 3.63) is 62.6 Å². The normalized spacial score (nSPS) is 11.7. The maximum Gasteiger partial charge on any atom is 0.261 e. The minimum Gasteiger partial charge on any atom is -0.484 e. The molecule has 0 bridgehead atoms. The third-order valence-electron chi connectivity index (χ3n) is 4.56. The first kappa shape index (κ1) is 23.2. The van der Waals surface area contributed by atoms with Crippen LogP contribution in [0.25, 0.3) is 0 Å². The fourth-order valence-electron chi connectivity index (χ4n) is 2.91. The lowest BCUT2D eigenvalue weighted by atomic mass is 10.1. The maximum absolute atomic E-state index is 13.0. The number of amides is 2. The summed E-state index contributed by atoms with van der Waals surface area (Å²) in [6.07, 6.45) is 0. The van der Waals surface area contributed by atoms with Crippen LogP contribution in [0.1, 0.15) is 30.5 Å². The highest BCUT2D eigenvalue weighted by Gasteiger charge is 2.26. The van der Waals surface area contributed by atoms with E-state index in [0.29, 0.717) is 17.3 Å². The summed E-state index contributed by atoms with van der Waals surface area (Å²) in [5, 5.41) is 3.39. The average molecular weight is 482 g/mol. The van der Waals surface area contributed by atoms with Gasteiger partial charge in [-0.2, -0.15) is 0 Å². The average Bonchev–Trinajstić information content (AvgIpc) is 2.69. The predicted molar refractivity (Wildman–Crippen MR) is 119 cm³/mol. The summed E-state index contributed by atoms with van der Waals surface area (Å²) in [5.74, 6) is 0.149. The van der Waals surface area contributed by atoms with Crippen LogP contribution in [0.3, 0.4) is 0 Å². The van der Waals surface area contributed by atoms with Crippen LogP contribution in [0.4, 0.5) is 0 Å². The predicted octanol–water partition coefficient (Wildman–Crippen LogP) is 4.65. The van der Waals surface area contributed by atoms with E-state index in [1.54, 1.807) is 19.1 Å². The third kappa shape index (κ3) is 6.47. The number of benzene rings is 2. The third-order valence-corrected chi connectivity index (χ3v) is 6.06. The number of rotatable bonds is 8. The van der Waals surface area contributed by atoms with E-state index >= 15 is 0 Å². The van der Waals surface area contributed by atoms with Crippen molar-refractivity contribution < 1.29 is 14.3 Å². The zero-order valence-electron chi connectivity index (χ0n) is 17.1. The summed E-state index contributed by atoms with van der Waals surface area (Å²) in [4.78, 5) is 26.8. The van der Waals surface area contributed by atoms with Crippen LogP contribution in [0.2, 0.25) is 5.02 Å².